The molecule has 0 aliphatic rings. The van der Waals surface area contributed by atoms with Crippen LogP contribution in [0.1, 0.15) is 26.9 Å². The Morgan fingerprint density at radius 1 is 1.53 bits per heavy atom. The van der Waals surface area contributed by atoms with Crippen molar-refractivity contribution in [2.45, 2.75) is 13.8 Å². The first-order chi connectivity index (χ1) is 8.16. The number of rotatable bonds is 3. The lowest BCUT2D eigenvalue weighted by atomic mass is 10.4. The first-order valence-corrected chi connectivity index (χ1v) is 5.63. The van der Waals surface area contributed by atoms with Crippen molar-refractivity contribution in [1.29, 1.82) is 0 Å². The minimum atomic E-state index is -0.322. The largest absolute Gasteiger partial charge is 0.460 e. The van der Waals surface area contributed by atoms with Crippen molar-refractivity contribution in [1.82, 2.24) is 15.0 Å². The van der Waals surface area contributed by atoms with Crippen LogP contribution in [0.15, 0.2) is 21.7 Å². The number of hydrogen-bond acceptors (Lipinski definition) is 6. The van der Waals surface area contributed by atoms with Crippen LogP contribution in [0.25, 0.3) is 0 Å². The topological polar surface area (TPSA) is 80.4 Å². The molecule has 2 heterocycles. The maximum Gasteiger partial charge on any atom is 0.285 e. The van der Waals surface area contributed by atoms with Crippen LogP contribution in [0.4, 0.5) is 0 Å². The molecule has 0 fully saturated rings. The Hall–Kier alpha value is -2.02. The third-order valence-electron chi connectivity index (χ3n) is 1.98. The third-order valence-corrected chi connectivity index (χ3v) is 2.80. The zero-order valence-electron chi connectivity index (χ0n) is 9.30. The van der Waals surface area contributed by atoms with Crippen LogP contribution < -0.4 is 5.43 Å². The second-order valence-corrected chi connectivity index (χ2v) is 4.09. The zero-order chi connectivity index (χ0) is 12.3. The van der Waals surface area contributed by atoms with E-state index in [1.807, 2.05) is 13.0 Å². The number of hydrazone groups is 1. The summed E-state index contributed by atoms with van der Waals surface area (Å²) in [5.74, 6) is 1.05. The van der Waals surface area contributed by atoms with E-state index in [1.54, 1.807) is 13.0 Å². The van der Waals surface area contributed by atoms with Crippen molar-refractivity contribution < 1.29 is 9.21 Å². The summed E-state index contributed by atoms with van der Waals surface area (Å²) in [7, 11) is 0. The highest BCUT2D eigenvalue weighted by Crippen LogP contribution is 2.08. The summed E-state index contributed by atoms with van der Waals surface area (Å²) in [6, 6.07) is 3.59. The number of carbonyl (C=O) groups excluding carboxylic acids is 1. The van der Waals surface area contributed by atoms with Gasteiger partial charge in [-0.3, -0.25) is 4.79 Å². The van der Waals surface area contributed by atoms with Crippen LogP contribution in [-0.2, 0) is 0 Å². The highest BCUT2D eigenvalue weighted by atomic mass is 32.1. The lowest BCUT2D eigenvalue weighted by molar-refractivity contribution is 0.0958. The molecular weight excluding hydrogens is 240 g/mol. The normalized spacial score (nSPS) is 10.9. The molecule has 0 unspecified atom stereocenters. The fourth-order valence-corrected chi connectivity index (χ4v) is 1.71. The molecule has 0 atom stereocenters. The van der Waals surface area contributed by atoms with Crippen LogP contribution in [-0.4, -0.2) is 21.7 Å². The summed E-state index contributed by atoms with van der Waals surface area (Å²) in [5, 5.41) is 7.53. The maximum absolute atomic E-state index is 11.6. The molecule has 88 valence electrons. The van der Waals surface area contributed by atoms with Gasteiger partial charge in [0.1, 0.15) is 16.4 Å². The first kappa shape index (κ1) is 11.5. The molecule has 0 spiro atoms. The number of hydrogen-bond donors (Lipinski definition) is 1. The number of carbonyl (C=O) groups is 1. The molecule has 1 N–H and O–H groups in total. The lowest BCUT2D eigenvalue weighted by Gasteiger charge is -1.94. The lowest BCUT2D eigenvalue weighted by Crippen LogP contribution is -2.17. The van der Waals surface area contributed by atoms with E-state index in [2.05, 4.69) is 20.1 Å². The van der Waals surface area contributed by atoms with E-state index in [1.165, 1.54) is 6.21 Å². The fourth-order valence-electron chi connectivity index (χ4n) is 1.17. The van der Waals surface area contributed by atoms with Gasteiger partial charge in [-0.05, 0) is 37.5 Å². The van der Waals surface area contributed by atoms with Crippen molar-refractivity contribution in [3.63, 3.8) is 0 Å². The average molecular weight is 250 g/mol. The molecule has 1 amide bonds. The molecule has 2 rings (SSSR count). The van der Waals surface area contributed by atoms with Crippen LogP contribution in [0.2, 0.25) is 0 Å². The van der Waals surface area contributed by atoms with Gasteiger partial charge in [0, 0.05) is 0 Å². The second kappa shape index (κ2) is 4.88. The second-order valence-electron chi connectivity index (χ2n) is 3.34. The van der Waals surface area contributed by atoms with Gasteiger partial charge in [0.15, 0.2) is 0 Å². The van der Waals surface area contributed by atoms with Gasteiger partial charge in [-0.1, -0.05) is 4.49 Å². The standard InChI is InChI=1S/C10H10N4O2S/c1-6-3-4-8(16-6)5-11-13-10(15)9-7(2)12-14-17-9/h3-5H,1-2H3,(H,13,15)/b11-5+. The van der Waals surface area contributed by atoms with Gasteiger partial charge in [-0.2, -0.15) is 5.10 Å². The number of furan rings is 1. The molecule has 0 saturated carbocycles. The quantitative estimate of drug-likeness (QED) is 0.661. The monoisotopic (exact) mass is 250 g/mol. The number of nitrogens with zero attached hydrogens (tertiary/aromatic N) is 3. The Kier molecular flexibility index (Phi) is 3.29. The van der Waals surface area contributed by atoms with Gasteiger partial charge in [-0.15, -0.1) is 5.10 Å². The van der Waals surface area contributed by atoms with Gasteiger partial charge >= 0.3 is 0 Å². The summed E-state index contributed by atoms with van der Waals surface area (Å²) in [5.41, 5.74) is 2.98. The summed E-state index contributed by atoms with van der Waals surface area (Å²) < 4.78 is 8.93. The van der Waals surface area contributed by atoms with Crippen molar-refractivity contribution in [3.05, 3.63) is 34.2 Å². The summed E-state index contributed by atoms with van der Waals surface area (Å²) in [6.07, 6.45) is 1.44. The molecule has 6 nitrogen and oxygen atoms in total. The number of amides is 1. The molecule has 0 saturated heterocycles. The smallest absolute Gasteiger partial charge is 0.285 e. The van der Waals surface area contributed by atoms with Crippen molar-refractivity contribution in [2.24, 2.45) is 5.10 Å². The van der Waals surface area contributed by atoms with E-state index in [4.69, 9.17) is 4.42 Å². The zero-order valence-corrected chi connectivity index (χ0v) is 10.1. The predicted molar refractivity (Wildman–Crippen MR) is 63.2 cm³/mol. The highest BCUT2D eigenvalue weighted by molar-refractivity contribution is 7.07. The molecule has 0 aliphatic heterocycles. The van der Waals surface area contributed by atoms with E-state index < -0.39 is 0 Å². The number of aromatic nitrogens is 2. The van der Waals surface area contributed by atoms with Crippen molar-refractivity contribution in [3.8, 4) is 0 Å². The molecule has 0 bridgehead atoms. The Bertz CT molecular complexity index is 558. The molecule has 17 heavy (non-hydrogen) atoms. The Balaban J connectivity index is 1.97. The Labute approximate surface area is 102 Å². The molecule has 2 aromatic heterocycles. The minimum Gasteiger partial charge on any atom is -0.460 e. The van der Waals surface area contributed by atoms with Gasteiger partial charge in [-0.25, -0.2) is 5.43 Å². The molecule has 2 aromatic rings. The van der Waals surface area contributed by atoms with Crippen LogP contribution in [0.5, 0.6) is 0 Å². The number of nitrogens with one attached hydrogen (secondary N) is 1. The Morgan fingerprint density at radius 3 is 2.94 bits per heavy atom. The molecule has 7 heteroatoms. The SMILES string of the molecule is Cc1ccc(/C=N/NC(=O)c2snnc2C)o1. The third kappa shape index (κ3) is 2.76. The molecular formula is C10H10N4O2S. The van der Waals surface area contributed by atoms with Crippen LogP contribution in [0, 0.1) is 13.8 Å². The fraction of sp³-hybridized carbons (Fsp3) is 0.200. The van der Waals surface area contributed by atoms with Gasteiger partial charge in [0.05, 0.1) is 11.9 Å². The van der Waals surface area contributed by atoms with Crippen molar-refractivity contribution >= 4 is 23.7 Å². The molecule has 0 aromatic carbocycles. The average Bonchev–Trinajstić information content (AvgIpc) is 2.87. The van der Waals surface area contributed by atoms with Crippen molar-refractivity contribution in [2.75, 3.05) is 0 Å². The van der Waals surface area contributed by atoms with E-state index in [9.17, 15) is 4.79 Å². The summed E-state index contributed by atoms with van der Waals surface area (Å²) in [6.45, 7) is 3.56. The van der Waals surface area contributed by atoms with Gasteiger partial charge in [0.25, 0.3) is 5.91 Å². The molecule has 0 aliphatic carbocycles. The van der Waals surface area contributed by atoms with Gasteiger partial charge < -0.3 is 4.42 Å². The van der Waals surface area contributed by atoms with E-state index in [-0.39, 0.29) is 5.91 Å². The summed E-state index contributed by atoms with van der Waals surface area (Å²) >= 11 is 1.04. The van der Waals surface area contributed by atoms with E-state index in [0.717, 1.165) is 17.3 Å². The summed E-state index contributed by atoms with van der Waals surface area (Å²) in [4.78, 5) is 12.1. The van der Waals surface area contributed by atoms with Gasteiger partial charge in [0.2, 0.25) is 0 Å². The minimum absolute atomic E-state index is 0.322. The Morgan fingerprint density at radius 2 is 2.35 bits per heavy atom. The molecule has 0 radical (unpaired) electrons. The highest BCUT2D eigenvalue weighted by Gasteiger charge is 2.11. The van der Waals surface area contributed by atoms with E-state index in [0.29, 0.717) is 16.3 Å². The van der Waals surface area contributed by atoms with Crippen LogP contribution >= 0.6 is 11.5 Å². The van der Waals surface area contributed by atoms with E-state index >= 15 is 0 Å². The number of aryl methyl sites for hydroxylation is 2. The predicted octanol–water partition coefficient (Wildman–Crippen LogP) is 1.51. The maximum atomic E-state index is 11.6. The van der Waals surface area contributed by atoms with Crippen LogP contribution in [0.3, 0.4) is 0 Å². The first-order valence-electron chi connectivity index (χ1n) is 4.85.